The van der Waals surface area contributed by atoms with Crippen LogP contribution >= 0.6 is 0 Å². The molecule has 0 spiro atoms. The van der Waals surface area contributed by atoms with Crippen LogP contribution in [0.2, 0.25) is 0 Å². The van der Waals surface area contributed by atoms with Gasteiger partial charge in [0.15, 0.2) is 0 Å². The first-order chi connectivity index (χ1) is 20.5. The maximum Gasteiger partial charge on any atom is 0.146 e. The third-order valence-electron chi connectivity index (χ3n) is 9.05. The van der Waals surface area contributed by atoms with Crippen molar-refractivity contribution in [2.24, 2.45) is 0 Å². The fourth-order valence-corrected chi connectivity index (χ4v) is 5.26. The summed E-state index contributed by atoms with van der Waals surface area (Å²) >= 11 is 0. The van der Waals surface area contributed by atoms with Gasteiger partial charge in [-0.1, -0.05) is 77.9 Å². The molecule has 0 aliphatic heterocycles. The van der Waals surface area contributed by atoms with Gasteiger partial charge in [-0.15, -0.1) is 30.0 Å². The van der Waals surface area contributed by atoms with Crippen LogP contribution < -0.4 is 0 Å². The van der Waals surface area contributed by atoms with Crippen molar-refractivity contribution in [2.75, 3.05) is 0 Å². The van der Waals surface area contributed by atoms with Crippen molar-refractivity contribution < 1.29 is 10.2 Å². The van der Waals surface area contributed by atoms with Crippen LogP contribution in [0.4, 0.5) is 0 Å². The van der Waals surface area contributed by atoms with Gasteiger partial charge in [0, 0.05) is 17.5 Å². The topological polar surface area (TPSA) is 102 Å². The number of aromatic hydroxyl groups is 2. The minimum Gasteiger partial charge on any atom is -0.505 e. The van der Waals surface area contributed by atoms with E-state index in [1.807, 2.05) is 72.8 Å². The fraction of sp³-hybridized carbons (Fsp3) is 0.314. The number of aromatic nitrogens is 6. The van der Waals surface area contributed by atoms with E-state index in [1.165, 1.54) is 9.59 Å². The Morgan fingerprint density at radius 1 is 0.558 bits per heavy atom. The minimum atomic E-state index is -0.165. The van der Waals surface area contributed by atoms with Gasteiger partial charge < -0.3 is 10.2 Å². The minimum absolute atomic E-state index is 0.0833. The molecule has 2 N–H and O–H groups in total. The maximum atomic E-state index is 11.7. The molecule has 4 aromatic carbocycles. The lowest BCUT2D eigenvalue weighted by molar-refractivity contribution is 0.451. The second kappa shape index (κ2) is 10.5. The van der Waals surface area contributed by atoms with Gasteiger partial charge in [-0.3, -0.25) is 0 Å². The molecular formula is C35H38N6O2. The molecule has 2 heterocycles. The summed E-state index contributed by atoms with van der Waals surface area (Å²) in [5, 5.41) is 42.1. The second-order valence-electron chi connectivity index (χ2n) is 12.6. The Hall–Kier alpha value is -4.72. The number of rotatable bonds is 8. The molecule has 0 radical (unpaired) electrons. The van der Waals surface area contributed by atoms with Crippen LogP contribution in [0.5, 0.6) is 11.5 Å². The molecule has 8 heteroatoms. The molecular weight excluding hydrogens is 536 g/mol. The van der Waals surface area contributed by atoms with Crippen LogP contribution in [0, 0.1) is 0 Å². The first kappa shape index (κ1) is 28.4. The van der Waals surface area contributed by atoms with E-state index < -0.39 is 0 Å². The van der Waals surface area contributed by atoms with Gasteiger partial charge in [0.1, 0.15) is 44.9 Å². The van der Waals surface area contributed by atoms with Gasteiger partial charge in [-0.05, 0) is 71.2 Å². The van der Waals surface area contributed by atoms with Crippen molar-refractivity contribution >= 4 is 22.1 Å². The predicted molar refractivity (Wildman–Crippen MR) is 170 cm³/mol. The molecule has 0 saturated carbocycles. The summed E-state index contributed by atoms with van der Waals surface area (Å²) in [4.78, 5) is 3.03. The fourth-order valence-electron chi connectivity index (χ4n) is 5.26. The summed E-state index contributed by atoms with van der Waals surface area (Å²) in [6.45, 7) is 13.1. The molecule has 0 amide bonds. The number of nitrogens with zero attached hydrogens (tertiary/aromatic N) is 6. The molecule has 6 aromatic rings. The third-order valence-corrected chi connectivity index (χ3v) is 9.05. The van der Waals surface area contributed by atoms with E-state index in [2.05, 4.69) is 61.9 Å². The molecule has 0 fully saturated rings. The Kier molecular flexibility index (Phi) is 6.95. The van der Waals surface area contributed by atoms with Crippen molar-refractivity contribution in [3.05, 3.63) is 95.1 Å². The quantitative estimate of drug-likeness (QED) is 0.195. The molecule has 6 rings (SSSR count). The lowest BCUT2D eigenvalue weighted by atomic mass is 9.79. The van der Waals surface area contributed by atoms with E-state index in [0.29, 0.717) is 28.9 Å². The number of benzene rings is 4. The molecule has 0 aliphatic rings. The highest BCUT2D eigenvalue weighted by Gasteiger charge is 2.27. The van der Waals surface area contributed by atoms with Gasteiger partial charge in [0.05, 0.1) is 0 Å². The summed E-state index contributed by atoms with van der Waals surface area (Å²) in [5.74, 6) is 0.167. The SMILES string of the molecule is CCC(C)(C)c1cc(Cc2cc(C(C)(C)CC)cc(-n3nc4ccccc4n3)c2O)c(O)c(-n2nc3ccccc3n2)c1. The molecule has 0 atom stereocenters. The summed E-state index contributed by atoms with van der Waals surface area (Å²) in [7, 11) is 0. The van der Waals surface area contributed by atoms with Gasteiger partial charge in [-0.2, -0.15) is 0 Å². The Labute approximate surface area is 251 Å². The summed E-state index contributed by atoms with van der Waals surface area (Å²) in [6, 6.07) is 23.4. The highest BCUT2D eigenvalue weighted by atomic mass is 16.3. The van der Waals surface area contributed by atoms with Crippen LogP contribution in [0.1, 0.15) is 76.6 Å². The van der Waals surface area contributed by atoms with Gasteiger partial charge >= 0.3 is 0 Å². The zero-order valence-corrected chi connectivity index (χ0v) is 25.6. The lowest BCUT2D eigenvalue weighted by Gasteiger charge is -2.27. The summed E-state index contributed by atoms with van der Waals surface area (Å²) in [6.07, 6.45) is 2.10. The van der Waals surface area contributed by atoms with Gasteiger partial charge in [-0.25, -0.2) is 0 Å². The van der Waals surface area contributed by atoms with Gasteiger partial charge in [0.2, 0.25) is 0 Å². The summed E-state index contributed by atoms with van der Waals surface area (Å²) in [5.41, 5.74) is 7.17. The number of hydrogen-bond donors (Lipinski definition) is 2. The number of fused-ring (bicyclic) bond motifs is 2. The Bertz CT molecular complexity index is 1760. The number of phenolic OH excluding ortho intramolecular Hbond substituents is 2. The number of phenols is 2. The first-order valence-electron chi connectivity index (χ1n) is 14.9. The van der Waals surface area contributed by atoms with Crippen LogP contribution in [0.25, 0.3) is 33.4 Å². The number of hydrogen-bond acceptors (Lipinski definition) is 6. The van der Waals surface area contributed by atoms with Crippen LogP contribution in [0.3, 0.4) is 0 Å². The van der Waals surface area contributed by atoms with Crippen molar-refractivity contribution in [1.82, 2.24) is 30.0 Å². The smallest absolute Gasteiger partial charge is 0.146 e. The average molecular weight is 575 g/mol. The molecule has 8 nitrogen and oxygen atoms in total. The summed E-state index contributed by atoms with van der Waals surface area (Å²) < 4.78 is 0. The molecule has 43 heavy (non-hydrogen) atoms. The zero-order valence-electron chi connectivity index (χ0n) is 25.6. The Morgan fingerprint density at radius 3 is 1.19 bits per heavy atom. The van der Waals surface area contributed by atoms with Crippen molar-refractivity contribution in [2.45, 2.75) is 71.6 Å². The van der Waals surface area contributed by atoms with Gasteiger partial charge in [0.25, 0.3) is 0 Å². The van der Waals surface area contributed by atoms with Crippen LogP contribution in [-0.2, 0) is 17.3 Å². The molecule has 0 aliphatic carbocycles. The largest absolute Gasteiger partial charge is 0.505 e. The van der Waals surface area contributed by atoms with Crippen molar-refractivity contribution in [3.63, 3.8) is 0 Å². The molecule has 0 bridgehead atoms. The van der Waals surface area contributed by atoms with E-state index in [4.69, 9.17) is 0 Å². The normalized spacial score (nSPS) is 12.4. The predicted octanol–water partition coefficient (Wildman–Crippen LogP) is 7.53. The molecule has 0 unspecified atom stereocenters. The zero-order chi connectivity index (χ0) is 30.5. The Morgan fingerprint density at radius 2 is 0.884 bits per heavy atom. The molecule has 0 saturated heterocycles. The second-order valence-corrected chi connectivity index (χ2v) is 12.6. The maximum absolute atomic E-state index is 11.7. The van der Waals surface area contributed by atoms with E-state index in [-0.39, 0.29) is 22.3 Å². The van der Waals surface area contributed by atoms with Crippen LogP contribution in [-0.4, -0.2) is 40.2 Å². The lowest BCUT2D eigenvalue weighted by Crippen LogP contribution is -2.18. The Balaban J connectivity index is 1.54. The van der Waals surface area contributed by atoms with E-state index in [9.17, 15) is 10.2 Å². The average Bonchev–Trinajstić information content (AvgIpc) is 3.63. The van der Waals surface area contributed by atoms with E-state index >= 15 is 0 Å². The van der Waals surface area contributed by atoms with E-state index in [0.717, 1.165) is 46.0 Å². The highest BCUT2D eigenvalue weighted by Crippen LogP contribution is 2.40. The standard InChI is InChI=1S/C35H38N6O2/c1-7-34(3,4)24-18-22(32(42)30(20-24)40-36-26-13-9-10-14-27(26)37-40)17-23-19-25(35(5,6)8-2)21-31(33(23)43)41-38-28-15-11-12-16-29(28)39-41/h9-16,18-21,42-43H,7-8,17H2,1-6H3. The van der Waals surface area contributed by atoms with Crippen molar-refractivity contribution in [1.29, 1.82) is 0 Å². The molecule has 220 valence electrons. The first-order valence-corrected chi connectivity index (χ1v) is 14.9. The van der Waals surface area contributed by atoms with Crippen LogP contribution in [0.15, 0.2) is 72.8 Å². The van der Waals surface area contributed by atoms with E-state index in [1.54, 1.807) is 0 Å². The van der Waals surface area contributed by atoms with Crippen molar-refractivity contribution in [3.8, 4) is 22.9 Å². The molecule has 2 aromatic heterocycles. The third kappa shape index (κ3) is 5.11. The highest BCUT2D eigenvalue weighted by molar-refractivity contribution is 5.75. The monoisotopic (exact) mass is 574 g/mol.